The van der Waals surface area contributed by atoms with Gasteiger partial charge in [-0.15, -0.1) is 0 Å². The highest BCUT2D eigenvalue weighted by molar-refractivity contribution is 7.89. The number of halogens is 3. The molecule has 0 aliphatic carbocycles. The molecule has 0 unspecified atom stereocenters. The van der Waals surface area contributed by atoms with Crippen LogP contribution >= 0.6 is 0 Å². The lowest BCUT2D eigenvalue weighted by atomic mass is 10.4. The average molecular weight is 313 g/mol. The van der Waals surface area contributed by atoms with Gasteiger partial charge in [-0.05, 0) is 27.0 Å². The van der Waals surface area contributed by atoms with Crippen LogP contribution in [0.4, 0.5) is 13.2 Å². The molecule has 0 saturated carbocycles. The van der Waals surface area contributed by atoms with Crippen molar-refractivity contribution in [3.05, 3.63) is 18.0 Å². The minimum absolute atomic E-state index is 0.166. The number of hydrogen-bond acceptors (Lipinski definition) is 3. The Bertz CT molecular complexity index is 537. The molecule has 0 fully saturated rings. The van der Waals surface area contributed by atoms with Gasteiger partial charge in [-0.2, -0.15) is 17.5 Å². The molecule has 1 heterocycles. The number of aromatic amines is 1. The third-order valence-corrected chi connectivity index (χ3v) is 4.60. The van der Waals surface area contributed by atoms with E-state index in [0.29, 0.717) is 16.5 Å². The zero-order valence-corrected chi connectivity index (χ0v) is 12.3. The molecule has 0 spiro atoms. The fourth-order valence-corrected chi connectivity index (χ4v) is 3.36. The molecule has 116 valence electrons. The van der Waals surface area contributed by atoms with Crippen LogP contribution in [0.25, 0.3) is 0 Å². The Kier molecular flexibility index (Phi) is 5.22. The van der Waals surface area contributed by atoms with E-state index in [1.807, 2.05) is 0 Å². The predicted octanol–water partition coefficient (Wildman–Crippen LogP) is 1.70. The zero-order valence-electron chi connectivity index (χ0n) is 11.5. The van der Waals surface area contributed by atoms with Crippen molar-refractivity contribution in [1.82, 2.24) is 14.6 Å². The average Bonchev–Trinajstić information content (AvgIpc) is 2.74. The Hall–Kier alpha value is -1.06. The van der Waals surface area contributed by atoms with Crippen LogP contribution in [0, 0.1) is 0 Å². The van der Waals surface area contributed by atoms with Gasteiger partial charge in [0, 0.05) is 24.5 Å². The summed E-state index contributed by atoms with van der Waals surface area (Å²) in [5, 5.41) is 2.82. The van der Waals surface area contributed by atoms with Crippen LogP contribution in [-0.4, -0.2) is 43.5 Å². The lowest BCUT2D eigenvalue weighted by molar-refractivity contribution is -0.138. The van der Waals surface area contributed by atoms with Gasteiger partial charge in [-0.3, -0.25) is 0 Å². The van der Waals surface area contributed by atoms with Crippen molar-refractivity contribution >= 4 is 10.0 Å². The van der Waals surface area contributed by atoms with E-state index in [0.717, 1.165) is 0 Å². The number of H-pyrrole nitrogens is 1. The Morgan fingerprint density at radius 3 is 2.45 bits per heavy atom. The maximum atomic E-state index is 12.5. The van der Waals surface area contributed by atoms with Crippen molar-refractivity contribution in [3.63, 3.8) is 0 Å². The molecule has 5 nitrogen and oxygen atoms in total. The van der Waals surface area contributed by atoms with Gasteiger partial charge in [0.05, 0.1) is 4.90 Å². The van der Waals surface area contributed by atoms with Crippen molar-refractivity contribution in [2.24, 2.45) is 0 Å². The molecule has 2 N–H and O–H groups in total. The van der Waals surface area contributed by atoms with Crippen LogP contribution in [0.5, 0.6) is 0 Å². The molecule has 0 saturated heterocycles. The molecule has 0 radical (unpaired) electrons. The van der Waals surface area contributed by atoms with E-state index in [-0.39, 0.29) is 4.90 Å². The first-order valence-electron chi connectivity index (χ1n) is 5.98. The van der Waals surface area contributed by atoms with Gasteiger partial charge in [-0.1, -0.05) is 0 Å². The van der Waals surface area contributed by atoms with E-state index in [4.69, 9.17) is 0 Å². The molecule has 0 aliphatic rings. The van der Waals surface area contributed by atoms with E-state index >= 15 is 0 Å². The number of alkyl halides is 3. The molecule has 0 atom stereocenters. The van der Waals surface area contributed by atoms with E-state index < -0.39 is 28.8 Å². The van der Waals surface area contributed by atoms with E-state index in [1.54, 1.807) is 7.05 Å². The summed E-state index contributed by atoms with van der Waals surface area (Å²) in [7, 11) is -2.50. The molecule has 1 rings (SSSR count). The normalized spacial score (nSPS) is 13.4. The molecule has 0 bridgehead atoms. The van der Waals surface area contributed by atoms with Gasteiger partial charge in [0.1, 0.15) is 6.54 Å². The summed E-state index contributed by atoms with van der Waals surface area (Å²) in [6.45, 7) is 1.71. The van der Waals surface area contributed by atoms with E-state index in [9.17, 15) is 21.6 Å². The van der Waals surface area contributed by atoms with Crippen LogP contribution in [0.15, 0.2) is 17.2 Å². The number of nitrogens with zero attached hydrogens (tertiary/aromatic N) is 1. The summed E-state index contributed by atoms with van der Waals surface area (Å²) in [4.78, 5) is 2.55. The first kappa shape index (κ1) is 17.0. The minimum Gasteiger partial charge on any atom is -0.363 e. The summed E-state index contributed by atoms with van der Waals surface area (Å²) in [6.07, 6.45) is -3.38. The second-order valence-corrected chi connectivity index (χ2v) is 6.54. The summed E-state index contributed by atoms with van der Waals surface area (Å²) in [5.74, 6) is 0. The number of nitrogens with one attached hydrogen (secondary N) is 2. The third-order valence-electron chi connectivity index (χ3n) is 2.60. The van der Waals surface area contributed by atoms with Crippen LogP contribution in [0.2, 0.25) is 0 Å². The number of hydrogen-bond donors (Lipinski definition) is 2. The first-order chi connectivity index (χ1) is 9.08. The largest absolute Gasteiger partial charge is 0.402 e. The summed E-state index contributed by atoms with van der Waals surface area (Å²) < 4.78 is 62.5. The number of aromatic nitrogens is 1. The van der Waals surface area contributed by atoms with Crippen LogP contribution < -0.4 is 5.32 Å². The molecule has 1 aromatic rings. The van der Waals surface area contributed by atoms with Crippen molar-refractivity contribution in [3.8, 4) is 0 Å². The Morgan fingerprint density at radius 1 is 1.40 bits per heavy atom. The van der Waals surface area contributed by atoms with Crippen molar-refractivity contribution in [1.29, 1.82) is 0 Å². The Balaban J connectivity index is 3.09. The van der Waals surface area contributed by atoms with Crippen LogP contribution in [0.3, 0.4) is 0 Å². The third kappa shape index (κ3) is 4.22. The lowest BCUT2D eigenvalue weighted by Gasteiger charge is -2.26. The molecule has 0 amide bonds. The Morgan fingerprint density at radius 2 is 2.00 bits per heavy atom. The van der Waals surface area contributed by atoms with Crippen LogP contribution in [0.1, 0.15) is 19.5 Å². The minimum atomic E-state index is -4.58. The molecule has 1 aromatic heterocycles. The monoisotopic (exact) mass is 313 g/mol. The predicted molar refractivity (Wildman–Crippen MR) is 68.6 cm³/mol. The van der Waals surface area contributed by atoms with Gasteiger partial charge in [-0.25, -0.2) is 8.42 Å². The maximum absolute atomic E-state index is 12.5. The summed E-state index contributed by atoms with van der Waals surface area (Å²) in [5.41, 5.74) is 0.585. The molecular formula is C11H18F3N3O2S. The highest BCUT2D eigenvalue weighted by Gasteiger charge is 2.38. The fourth-order valence-electron chi connectivity index (χ4n) is 1.72. The van der Waals surface area contributed by atoms with E-state index in [1.165, 1.54) is 26.1 Å². The number of rotatable bonds is 6. The van der Waals surface area contributed by atoms with E-state index in [2.05, 4.69) is 10.3 Å². The lowest BCUT2D eigenvalue weighted by Crippen LogP contribution is -2.43. The van der Waals surface area contributed by atoms with Crippen LogP contribution in [-0.2, 0) is 16.6 Å². The summed E-state index contributed by atoms with van der Waals surface area (Å²) >= 11 is 0. The molecule has 9 heteroatoms. The maximum Gasteiger partial charge on any atom is 0.402 e. The van der Waals surface area contributed by atoms with Crippen molar-refractivity contribution < 1.29 is 21.6 Å². The highest BCUT2D eigenvalue weighted by atomic mass is 32.2. The molecule has 20 heavy (non-hydrogen) atoms. The molecule has 0 aliphatic heterocycles. The SMILES string of the molecule is CNCc1cc(S(=O)(=O)N(CC(F)(F)F)C(C)C)c[nH]1. The second kappa shape index (κ2) is 6.15. The van der Waals surface area contributed by atoms with Gasteiger partial charge < -0.3 is 10.3 Å². The van der Waals surface area contributed by atoms with Crippen molar-refractivity contribution in [2.45, 2.75) is 37.5 Å². The zero-order chi connectivity index (χ0) is 15.6. The first-order valence-corrected chi connectivity index (χ1v) is 7.42. The van der Waals surface area contributed by atoms with Crippen molar-refractivity contribution in [2.75, 3.05) is 13.6 Å². The second-order valence-electron chi connectivity index (χ2n) is 4.65. The van der Waals surface area contributed by atoms with Gasteiger partial charge >= 0.3 is 6.18 Å². The smallest absolute Gasteiger partial charge is 0.363 e. The van der Waals surface area contributed by atoms with Gasteiger partial charge in [0.25, 0.3) is 0 Å². The Labute approximate surface area is 116 Å². The molecular weight excluding hydrogens is 295 g/mol. The highest BCUT2D eigenvalue weighted by Crippen LogP contribution is 2.25. The topological polar surface area (TPSA) is 65.2 Å². The van der Waals surface area contributed by atoms with Gasteiger partial charge in [0.2, 0.25) is 10.0 Å². The summed E-state index contributed by atoms with van der Waals surface area (Å²) in [6, 6.07) is 0.543. The fraction of sp³-hybridized carbons (Fsp3) is 0.636. The molecule has 0 aromatic carbocycles. The standard InChI is InChI=1S/C11H18F3N3O2S/c1-8(2)17(7-11(12,13)14)20(18,19)10-4-9(5-15-3)16-6-10/h4,6,8,15-16H,5,7H2,1-3H3. The van der Waals surface area contributed by atoms with Gasteiger partial charge in [0.15, 0.2) is 0 Å². The number of sulfonamides is 1. The quantitative estimate of drug-likeness (QED) is 0.840.